The largest absolute Gasteiger partial charge is 0.393 e. The number of hydrogen-bond donors (Lipinski definition) is 2. The molecule has 1 rings (SSSR count). The van der Waals surface area contributed by atoms with Crippen LogP contribution in [0.4, 0.5) is 5.69 Å². The molecule has 0 amide bonds. The molecular weight excluding hydrogens is 182 g/mol. The Kier molecular flexibility index (Phi) is 3.35. The Labute approximate surface area is 82.8 Å². The van der Waals surface area contributed by atoms with E-state index in [0.717, 1.165) is 0 Å². The zero-order valence-corrected chi connectivity index (χ0v) is 8.83. The highest BCUT2D eigenvalue weighted by Gasteiger charge is 2.10. The molecule has 14 heavy (non-hydrogen) atoms. The highest BCUT2D eigenvalue weighted by Crippen LogP contribution is 2.05. The Bertz CT molecular complexity index is 351. The van der Waals surface area contributed by atoms with Gasteiger partial charge in [0.1, 0.15) is 5.69 Å². The van der Waals surface area contributed by atoms with Gasteiger partial charge in [-0.25, -0.2) is 0 Å². The van der Waals surface area contributed by atoms with E-state index in [2.05, 4.69) is 5.10 Å². The summed E-state index contributed by atoms with van der Waals surface area (Å²) in [6.07, 6.45) is 0. The normalized spacial score (nSPS) is 11.1. The van der Waals surface area contributed by atoms with E-state index in [-0.39, 0.29) is 11.2 Å². The lowest BCUT2D eigenvalue weighted by molar-refractivity contribution is 0.181. The van der Waals surface area contributed by atoms with Crippen molar-refractivity contribution in [2.24, 2.45) is 5.92 Å². The first-order chi connectivity index (χ1) is 6.56. The minimum absolute atomic E-state index is 0.161. The number of H-pyrrole nitrogens is 1. The molecule has 0 fully saturated rings. The van der Waals surface area contributed by atoms with Crippen LogP contribution in [0.1, 0.15) is 19.5 Å². The van der Waals surface area contributed by atoms with Gasteiger partial charge in [-0.1, -0.05) is 13.8 Å². The van der Waals surface area contributed by atoms with Gasteiger partial charge < -0.3 is 10.5 Å². The molecule has 5 heteroatoms. The van der Waals surface area contributed by atoms with E-state index in [9.17, 15) is 4.79 Å². The van der Waals surface area contributed by atoms with Crippen molar-refractivity contribution in [3.8, 4) is 0 Å². The van der Waals surface area contributed by atoms with Crippen molar-refractivity contribution in [3.05, 3.63) is 16.0 Å². The van der Waals surface area contributed by atoms with E-state index in [1.54, 1.807) is 7.11 Å². The average Bonchev–Trinajstić information content (AvgIpc) is 2.34. The SMILES string of the molecule is COCc1[nH]n(CC(C)C)c(=O)c1N. The van der Waals surface area contributed by atoms with Crippen LogP contribution in [0.3, 0.4) is 0 Å². The third-order valence-electron chi connectivity index (χ3n) is 1.91. The monoisotopic (exact) mass is 199 g/mol. The zero-order valence-electron chi connectivity index (χ0n) is 8.83. The molecule has 0 saturated carbocycles. The smallest absolute Gasteiger partial charge is 0.290 e. The lowest BCUT2D eigenvalue weighted by atomic mass is 10.2. The predicted molar refractivity (Wildman–Crippen MR) is 55.0 cm³/mol. The minimum Gasteiger partial charge on any atom is -0.393 e. The van der Waals surface area contributed by atoms with Gasteiger partial charge in [0, 0.05) is 13.7 Å². The molecule has 0 bridgehead atoms. The maximum Gasteiger partial charge on any atom is 0.290 e. The van der Waals surface area contributed by atoms with Crippen molar-refractivity contribution in [3.63, 3.8) is 0 Å². The van der Waals surface area contributed by atoms with Crippen molar-refractivity contribution in [2.75, 3.05) is 12.8 Å². The summed E-state index contributed by atoms with van der Waals surface area (Å²) < 4.78 is 6.44. The van der Waals surface area contributed by atoms with Crippen LogP contribution >= 0.6 is 0 Å². The summed E-state index contributed by atoms with van der Waals surface area (Å²) in [6, 6.07) is 0. The fourth-order valence-electron chi connectivity index (χ4n) is 1.30. The second-order valence-corrected chi connectivity index (χ2v) is 3.75. The first-order valence-electron chi connectivity index (χ1n) is 4.62. The molecule has 3 N–H and O–H groups in total. The molecule has 0 aromatic carbocycles. The van der Waals surface area contributed by atoms with Crippen LogP contribution in [0.25, 0.3) is 0 Å². The van der Waals surface area contributed by atoms with Crippen molar-refractivity contribution >= 4 is 5.69 Å². The molecular formula is C9H17N3O2. The number of nitrogens with zero attached hydrogens (tertiary/aromatic N) is 1. The standard InChI is InChI=1S/C9H17N3O2/c1-6(2)4-12-9(13)8(10)7(11-12)5-14-3/h6,11H,4-5,10H2,1-3H3. The first kappa shape index (κ1) is 10.8. The van der Waals surface area contributed by atoms with E-state index in [0.29, 0.717) is 24.8 Å². The van der Waals surface area contributed by atoms with Gasteiger partial charge in [0.05, 0.1) is 12.3 Å². The van der Waals surface area contributed by atoms with Crippen LogP contribution in [0.15, 0.2) is 4.79 Å². The van der Waals surface area contributed by atoms with Gasteiger partial charge in [-0.15, -0.1) is 0 Å². The van der Waals surface area contributed by atoms with E-state index in [4.69, 9.17) is 10.5 Å². The summed E-state index contributed by atoms with van der Waals surface area (Å²) in [6.45, 7) is 5.07. The Morgan fingerprint density at radius 2 is 2.21 bits per heavy atom. The Morgan fingerprint density at radius 1 is 1.57 bits per heavy atom. The summed E-state index contributed by atoms with van der Waals surface area (Å²) in [4.78, 5) is 11.6. The van der Waals surface area contributed by atoms with Crippen molar-refractivity contribution in [2.45, 2.75) is 27.0 Å². The molecule has 1 aromatic heterocycles. The van der Waals surface area contributed by atoms with Crippen LogP contribution in [0.5, 0.6) is 0 Å². The van der Waals surface area contributed by atoms with Gasteiger partial charge in [-0.3, -0.25) is 14.6 Å². The van der Waals surface area contributed by atoms with Gasteiger partial charge >= 0.3 is 0 Å². The Hall–Kier alpha value is -1.23. The number of nitrogen functional groups attached to an aromatic ring is 1. The maximum atomic E-state index is 11.6. The molecule has 1 aromatic rings. The highest BCUT2D eigenvalue weighted by atomic mass is 16.5. The fourth-order valence-corrected chi connectivity index (χ4v) is 1.30. The summed E-state index contributed by atoms with van der Waals surface area (Å²) in [5.41, 5.74) is 6.37. The zero-order chi connectivity index (χ0) is 10.7. The number of hydrogen-bond acceptors (Lipinski definition) is 3. The number of rotatable bonds is 4. The number of anilines is 1. The molecule has 0 unspecified atom stereocenters. The molecule has 1 heterocycles. The summed E-state index contributed by atoms with van der Waals surface area (Å²) in [5.74, 6) is 0.404. The Balaban J connectivity index is 2.96. The summed E-state index contributed by atoms with van der Waals surface area (Å²) >= 11 is 0. The molecule has 0 saturated heterocycles. The highest BCUT2D eigenvalue weighted by molar-refractivity contribution is 5.40. The second-order valence-electron chi connectivity index (χ2n) is 3.75. The van der Waals surface area contributed by atoms with Crippen LogP contribution in [-0.4, -0.2) is 16.9 Å². The predicted octanol–water partition coefficient (Wildman–Crippen LogP) is 0.561. The summed E-state index contributed by atoms with van der Waals surface area (Å²) in [5, 5.41) is 2.94. The molecule has 0 atom stereocenters. The molecule has 80 valence electrons. The minimum atomic E-state index is -0.161. The van der Waals surface area contributed by atoms with Gasteiger partial charge in [0.2, 0.25) is 0 Å². The number of methoxy groups -OCH3 is 1. The van der Waals surface area contributed by atoms with Crippen LogP contribution < -0.4 is 11.3 Å². The topological polar surface area (TPSA) is 73.0 Å². The number of aromatic amines is 1. The number of nitrogens with two attached hydrogens (primary N) is 1. The third kappa shape index (κ3) is 2.17. The molecule has 0 spiro atoms. The van der Waals surface area contributed by atoms with E-state index in [1.807, 2.05) is 13.8 Å². The van der Waals surface area contributed by atoms with Crippen LogP contribution in [0, 0.1) is 5.92 Å². The number of aromatic nitrogens is 2. The van der Waals surface area contributed by atoms with Crippen LogP contribution in [0.2, 0.25) is 0 Å². The average molecular weight is 199 g/mol. The third-order valence-corrected chi connectivity index (χ3v) is 1.91. The van der Waals surface area contributed by atoms with Gasteiger partial charge in [0.25, 0.3) is 5.56 Å². The van der Waals surface area contributed by atoms with E-state index < -0.39 is 0 Å². The lowest BCUT2D eigenvalue weighted by Gasteiger charge is -2.04. The second kappa shape index (κ2) is 4.32. The quantitative estimate of drug-likeness (QED) is 0.744. The van der Waals surface area contributed by atoms with E-state index in [1.165, 1.54) is 4.68 Å². The molecule has 5 nitrogen and oxygen atoms in total. The van der Waals surface area contributed by atoms with Gasteiger partial charge in [-0.05, 0) is 5.92 Å². The summed E-state index contributed by atoms with van der Waals surface area (Å²) in [7, 11) is 1.57. The Morgan fingerprint density at radius 3 is 2.71 bits per heavy atom. The van der Waals surface area contributed by atoms with Gasteiger partial charge in [-0.2, -0.15) is 0 Å². The van der Waals surface area contributed by atoms with Gasteiger partial charge in [0.15, 0.2) is 0 Å². The van der Waals surface area contributed by atoms with Crippen molar-refractivity contribution in [1.82, 2.24) is 9.78 Å². The molecule has 0 aliphatic heterocycles. The van der Waals surface area contributed by atoms with Crippen LogP contribution in [-0.2, 0) is 17.9 Å². The molecule has 0 aliphatic carbocycles. The maximum absolute atomic E-state index is 11.6. The van der Waals surface area contributed by atoms with Crippen molar-refractivity contribution < 1.29 is 4.74 Å². The fraction of sp³-hybridized carbons (Fsp3) is 0.667. The number of ether oxygens (including phenoxy) is 1. The lowest BCUT2D eigenvalue weighted by Crippen LogP contribution is -2.20. The molecule has 0 radical (unpaired) electrons. The number of nitrogens with one attached hydrogen (secondary N) is 1. The van der Waals surface area contributed by atoms with Crippen molar-refractivity contribution in [1.29, 1.82) is 0 Å². The van der Waals surface area contributed by atoms with E-state index >= 15 is 0 Å². The first-order valence-corrected chi connectivity index (χ1v) is 4.62. The molecule has 0 aliphatic rings.